The van der Waals surface area contributed by atoms with Crippen molar-refractivity contribution < 1.29 is 0 Å². The fourth-order valence-corrected chi connectivity index (χ4v) is 2.78. The van der Waals surface area contributed by atoms with E-state index in [4.69, 9.17) is 5.73 Å². The number of nitrogens with zero attached hydrogens (tertiary/aromatic N) is 2. The van der Waals surface area contributed by atoms with Gasteiger partial charge in [0, 0.05) is 21.8 Å². The summed E-state index contributed by atoms with van der Waals surface area (Å²) in [6.07, 6.45) is 3.77. The van der Waals surface area contributed by atoms with Crippen LogP contribution >= 0.6 is 15.9 Å². The van der Waals surface area contributed by atoms with Crippen molar-refractivity contribution in [2.45, 2.75) is 12.8 Å². The van der Waals surface area contributed by atoms with Gasteiger partial charge in [-0.1, -0.05) is 28.1 Å². The Labute approximate surface area is 102 Å². The maximum Gasteiger partial charge on any atom is 0.220 e. The van der Waals surface area contributed by atoms with Crippen molar-refractivity contribution >= 4 is 21.9 Å². The molecule has 16 heavy (non-hydrogen) atoms. The highest BCUT2D eigenvalue weighted by Crippen LogP contribution is 2.37. The van der Waals surface area contributed by atoms with Crippen LogP contribution in [0.5, 0.6) is 0 Å². The second kappa shape index (κ2) is 3.56. The molecular formula is C12H10BrN3. The molecule has 0 amide bonds. The molecule has 0 radical (unpaired) electrons. The minimum Gasteiger partial charge on any atom is -0.368 e. The molecule has 0 saturated heterocycles. The molecule has 0 unspecified atom stereocenters. The third-order valence-electron chi connectivity index (χ3n) is 2.89. The van der Waals surface area contributed by atoms with Crippen molar-refractivity contribution in [3.8, 4) is 11.1 Å². The van der Waals surface area contributed by atoms with E-state index in [0.29, 0.717) is 5.95 Å². The molecule has 0 atom stereocenters. The smallest absolute Gasteiger partial charge is 0.220 e. The topological polar surface area (TPSA) is 51.8 Å². The number of aromatic nitrogens is 2. The molecule has 1 heterocycles. The average Bonchev–Trinajstić information content (AvgIpc) is 2.29. The number of fused-ring (bicyclic) bond motifs is 3. The summed E-state index contributed by atoms with van der Waals surface area (Å²) in [5.74, 6) is 0.356. The molecule has 3 nitrogen and oxygen atoms in total. The van der Waals surface area contributed by atoms with E-state index in [0.717, 1.165) is 28.6 Å². The van der Waals surface area contributed by atoms with Crippen molar-refractivity contribution in [1.29, 1.82) is 0 Å². The Hall–Kier alpha value is -1.42. The predicted octanol–water partition coefficient (Wildman–Crippen LogP) is 2.59. The Morgan fingerprint density at radius 3 is 3.00 bits per heavy atom. The molecule has 80 valence electrons. The summed E-state index contributed by atoms with van der Waals surface area (Å²) in [5.41, 5.74) is 10.3. The van der Waals surface area contributed by atoms with Crippen LogP contribution in [0, 0.1) is 0 Å². The Morgan fingerprint density at radius 2 is 2.12 bits per heavy atom. The van der Waals surface area contributed by atoms with Gasteiger partial charge in [0.15, 0.2) is 0 Å². The maximum atomic E-state index is 5.61. The molecule has 2 aromatic rings. The average molecular weight is 276 g/mol. The normalized spacial score (nSPS) is 13.1. The molecule has 1 aliphatic rings. The summed E-state index contributed by atoms with van der Waals surface area (Å²) < 4.78 is 1.10. The van der Waals surface area contributed by atoms with Crippen LogP contribution in [0.1, 0.15) is 11.3 Å². The summed E-state index contributed by atoms with van der Waals surface area (Å²) >= 11 is 3.58. The minimum atomic E-state index is 0.356. The Bertz CT molecular complexity index is 566. The molecule has 0 saturated carbocycles. The highest BCUT2D eigenvalue weighted by atomic mass is 79.9. The third-order valence-corrected chi connectivity index (χ3v) is 3.55. The standard InChI is InChI=1S/C12H10BrN3/c13-9-3-1-2-7-4-5-10-8(11(7)9)6-15-12(14)16-10/h1-3,6H,4-5H2,(H2,14,15,16). The fraction of sp³-hybridized carbons (Fsp3) is 0.167. The molecule has 1 aromatic carbocycles. The van der Waals surface area contributed by atoms with E-state index in [9.17, 15) is 0 Å². The summed E-state index contributed by atoms with van der Waals surface area (Å²) in [7, 11) is 0. The number of hydrogen-bond donors (Lipinski definition) is 1. The lowest BCUT2D eigenvalue weighted by atomic mass is 9.89. The lowest BCUT2D eigenvalue weighted by Crippen LogP contribution is -2.09. The zero-order valence-corrected chi connectivity index (χ0v) is 10.2. The minimum absolute atomic E-state index is 0.356. The van der Waals surface area contributed by atoms with Gasteiger partial charge in [-0.05, 0) is 24.5 Å². The van der Waals surface area contributed by atoms with Gasteiger partial charge < -0.3 is 5.73 Å². The first kappa shape index (κ1) is 9.78. The molecule has 0 aliphatic heterocycles. The lowest BCUT2D eigenvalue weighted by Gasteiger charge is -2.19. The van der Waals surface area contributed by atoms with Crippen LogP contribution in [0.25, 0.3) is 11.1 Å². The van der Waals surface area contributed by atoms with Crippen LogP contribution in [0.3, 0.4) is 0 Å². The molecule has 1 aliphatic carbocycles. The van der Waals surface area contributed by atoms with Gasteiger partial charge in [0.1, 0.15) is 0 Å². The number of hydrogen-bond acceptors (Lipinski definition) is 3. The Morgan fingerprint density at radius 1 is 1.25 bits per heavy atom. The predicted molar refractivity (Wildman–Crippen MR) is 67.0 cm³/mol. The number of benzene rings is 1. The van der Waals surface area contributed by atoms with Crippen LogP contribution in [0.2, 0.25) is 0 Å². The summed E-state index contributed by atoms with van der Waals surface area (Å²) in [5, 5.41) is 0. The summed E-state index contributed by atoms with van der Waals surface area (Å²) in [4.78, 5) is 8.38. The van der Waals surface area contributed by atoms with Crippen LogP contribution < -0.4 is 5.73 Å². The van der Waals surface area contributed by atoms with Crippen molar-refractivity contribution in [3.63, 3.8) is 0 Å². The van der Waals surface area contributed by atoms with E-state index in [1.54, 1.807) is 0 Å². The van der Waals surface area contributed by atoms with E-state index in [1.807, 2.05) is 12.3 Å². The number of aryl methyl sites for hydroxylation is 2. The maximum absolute atomic E-state index is 5.61. The second-order valence-corrected chi connectivity index (χ2v) is 4.72. The largest absolute Gasteiger partial charge is 0.368 e. The first-order chi connectivity index (χ1) is 7.75. The van der Waals surface area contributed by atoms with E-state index < -0.39 is 0 Å². The second-order valence-electron chi connectivity index (χ2n) is 3.86. The number of rotatable bonds is 0. The fourth-order valence-electron chi connectivity index (χ4n) is 2.16. The SMILES string of the molecule is Nc1ncc2c(n1)CCc1cccc(Br)c1-2. The van der Waals surface area contributed by atoms with Gasteiger partial charge in [-0.25, -0.2) is 9.97 Å². The Balaban J connectivity index is 2.30. The highest BCUT2D eigenvalue weighted by molar-refractivity contribution is 9.10. The van der Waals surface area contributed by atoms with Gasteiger partial charge >= 0.3 is 0 Å². The first-order valence-electron chi connectivity index (χ1n) is 5.15. The molecule has 0 spiro atoms. The van der Waals surface area contributed by atoms with Gasteiger partial charge in [0.2, 0.25) is 5.95 Å². The van der Waals surface area contributed by atoms with Gasteiger partial charge in [-0.2, -0.15) is 0 Å². The van der Waals surface area contributed by atoms with E-state index in [2.05, 4.69) is 38.0 Å². The van der Waals surface area contributed by atoms with Crippen molar-refractivity contribution in [1.82, 2.24) is 9.97 Å². The number of nitrogens with two attached hydrogens (primary N) is 1. The van der Waals surface area contributed by atoms with Crippen LogP contribution in [0.15, 0.2) is 28.9 Å². The monoisotopic (exact) mass is 275 g/mol. The quantitative estimate of drug-likeness (QED) is 0.804. The molecule has 0 bridgehead atoms. The summed E-state index contributed by atoms with van der Waals surface area (Å²) in [6, 6.07) is 6.26. The zero-order chi connectivity index (χ0) is 11.1. The molecule has 1 aromatic heterocycles. The molecule has 4 heteroatoms. The van der Waals surface area contributed by atoms with E-state index >= 15 is 0 Å². The van der Waals surface area contributed by atoms with Crippen LogP contribution in [-0.2, 0) is 12.8 Å². The van der Waals surface area contributed by atoms with Crippen molar-refractivity contribution in [3.05, 3.63) is 40.1 Å². The number of anilines is 1. The number of halogens is 1. The van der Waals surface area contributed by atoms with Crippen LogP contribution in [-0.4, -0.2) is 9.97 Å². The first-order valence-corrected chi connectivity index (χ1v) is 5.94. The molecule has 0 fully saturated rings. The lowest BCUT2D eigenvalue weighted by molar-refractivity contribution is 0.886. The van der Waals surface area contributed by atoms with Gasteiger partial charge in [0.05, 0.1) is 5.69 Å². The third kappa shape index (κ3) is 1.41. The van der Waals surface area contributed by atoms with Gasteiger partial charge in [-0.3, -0.25) is 0 Å². The van der Waals surface area contributed by atoms with E-state index in [1.165, 1.54) is 11.1 Å². The van der Waals surface area contributed by atoms with Crippen LogP contribution in [0.4, 0.5) is 5.95 Å². The van der Waals surface area contributed by atoms with E-state index in [-0.39, 0.29) is 0 Å². The summed E-state index contributed by atoms with van der Waals surface area (Å²) in [6.45, 7) is 0. The zero-order valence-electron chi connectivity index (χ0n) is 8.57. The van der Waals surface area contributed by atoms with Gasteiger partial charge in [-0.15, -0.1) is 0 Å². The number of nitrogen functional groups attached to an aromatic ring is 1. The highest BCUT2D eigenvalue weighted by Gasteiger charge is 2.19. The van der Waals surface area contributed by atoms with Crippen molar-refractivity contribution in [2.24, 2.45) is 0 Å². The Kier molecular flexibility index (Phi) is 2.17. The van der Waals surface area contributed by atoms with Gasteiger partial charge in [0.25, 0.3) is 0 Å². The molecule has 3 rings (SSSR count). The van der Waals surface area contributed by atoms with Crippen molar-refractivity contribution in [2.75, 3.05) is 5.73 Å². The molecular weight excluding hydrogens is 266 g/mol. The molecule has 2 N–H and O–H groups in total.